The van der Waals surface area contributed by atoms with Gasteiger partial charge in [0.1, 0.15) is 22.1 Å². The molecule has 168 valence electrons. The molecule has 0 aromatic heterocycles. The highest BCUT2D eigenvalue weighted by atomic mass is 32.2. The van der Waals surface area contributed by atoms with E-state index in [0.717, 1.165) is 0 Å². The van der Waals surface area contributed by atoms with E-state index in [1.54, 1.807) is 54.6 Å². The van der Waals surface area contributed by atoms with E-state index >= 15 is 0 Å². The number of rotatable bonds is 9. The van der Waals surface area contributed by atoms with Crippen LogP contribution in [0.5, 0.6) is 17.2 Å². The lowest BCUT2D eigenvalue weighted by Gasteiger charge is -2.14. The first-order valence-corrected chi connectivity index (χ1v) is 11.2. The van der Waals surface area contributed by atoms with E-state index in [-0.39, 0.29) is 16.6 Å². The van der Waals surface area contributed by atoms with Crippen LogP contribution in [0.25, 0.3) is 0 Å². The molecule has 1 amide bonds. The fourth-order valence-corrected chi connectivity index (χ4v) is 4.16. The number of hydrogen-bond donors (Lipinski definition) is 2. The van der Waals surface area contributed by atoms with Crippen LogP contribution in [0.4, 0.5) is 11.4 Å². The number of hydrogen-bond acceptors (Lipinski definition) is 6. The Bertz CT molecular complexity index is 1180. The molecular formula is C23H24N2O6S. The standard InChI is InChI=1S/C23H24N2O6S/c1-4-31-20-10-5-16(6-11-20)23(26)24-18-9-14-21(30-3)22(15-18)32(27,28)25-17-7-12-19(29-2)13-8-17/h5-15,25H,4H2,1-3H3,(H,24,26). The van der Waals surface area contributed by atoms with E-state index in [0.29, 0.717) is 35.0 Å². The van der Waals surface area contributed by atoms with Crippen molar-refractivity contribution in [3.63, 3.8) is 0 Å². The number of amides is 1. The second-order valence-corrected chi connectivity index (χ2v) is 8.26. The molecule has 0 aliphatic carbocycles. The first kappa shape index (κ1) is 23.0. The molecule has 0 atom stereocenters. The summed E-state index contributed by atoms with van der Waals surface area (Å²) in [4.78, 5) is 12.5. The summed E-state index contributed by atoms with van der Waals surface area (Å²) in [6.45, 7) is 2.40. The third-order valence-corrected chi connectivity index (χ3v) is 5.88. The number of methoxy groups -OCH3 is 2. The first-order valence-electron chi connectivity index (χ1n) is 9.75. The minimum Gasteiger partial charge on any atom is -0.497 e. The smallest absolute Gasteiger partial charge is 0.265 e. The van der Waals surface area contributed by atoms with Crippen molar-refractivity contribution in [2.75, 3.05) is 30.9 Å². The van der Waals surface area contributed by atoms with E-state index in [4.69, 9.17) is 14.2 Å². The SMILES string of the molecule is CCOc1ccc(C(=O)Nc2ccc(OC)c(S(=O)(=O)Nc3ccc(OC)cc3)c2)cc1. The maximum Gasteiger partial charge on any atom is 0.265 e. The Kier molecular flexibility index (Phi) is 7.21. The maximum absolute atomic E-state index is 13.0. The first-order chi connectivity index (χ1) is 15.4. The van der Waals surface area contributed by atoms with E-state index < -0.39 is 10.0 Å². The molecule has 8 nitrogen and oxygen atoms in total. The van der Waals surface area contributed by atoms with Gasteiger partial charge in [-0.1, -0.05) is 0 Å². The molecule has 0 heterocycles. The molecule has 0 saturated heterocycles. The summed E-state index contributed by atoms with van der Waals surface area (Å²) < 4.78 is 44.2. The zero-order valence-electron chi connectivity index (χ0n) is 17.9. The van der Waals surface area contributed by atoms with Gasteiger partial charge in [-0.3, -0.25) is 9.52 Å². The van der Waals surface area contributed by atoms with Crippen LogP contribution in [0, 0.1) is 0 Å². The van der Waals surface area contributed by atoms with Gasteiger partial charge in [0.2, 0.25) is 0 Å². The highest BCUT2D eigenvalue weighted by Crippen LogP contribution is 2.29. The Morgan fingerprint density at radius 3 is 2.06 bits per heavy atom. The normalized spacial score (nSPS) is 10.8. The van der Waals surface area contributed by atoms with E-state index in [1.165, 1.54) is 26.4 Å². The number of nitrogens with one attached hydrogen (secondary N) is 2. The number of carbonyl (C=O) groups excluding carboxylic acids is 1. The quantitative estimate of drug-likeness (QED) is 0.501. The zero-order chi connectivity index (χ0) is 23.1. The largest absolute Gasteiger partial charge is 0.497 e. The highest BCUT2D eigenvalue weighted by molar-refractivity contribution is 7.92. The van der Waals surface area contributed by atoms with Crippen LogP contribution in [0.15, 0.2) is 71.6 Å². The summed E-state index contributed by atoms with van der Waals surface area (Å²) in [5.74, 6) is 1.02. The third-order valence-electron chi connectivity index (χ3n) is 4.48. The average Bonchev–Trinajstić information content (AvgIpc) is 2.80. The molecule has 0 unspecified atom stereocenters. The Labute approximate surface area is 187 Å². The van der Waals surface area contributed by atoms with Crippen LogP contribution >= 0.6 is 0 Å². The summed E-state index contributed by atoms with van der Waals surface area (Å²) in [6, 6.07) is 17.5. The lowest BCUT2D eigenvalue weighted by atomic mass is 10.2. The Morgan fingerprint density at radius 2 is 1.47 bits per heavy atom. The predicted octanol–water partition coefficient (Wildman–Crippen LogP) is 4.16. The van der Waals surface area contributed by atoms with Crippen molar-refractivity contribution in [2.45, 2.75) is 11.8 Å². The van der Waals surface area contributed by atoms with Gasteiger partial charge in [0.05, 0.1) is 20.8 Å². The molecule has 3 aromatic rings. The molecule has 0 bridgehead atoms. The predicted molar refractivity (Wildman–Crippen MR) is 122 cm³/mol. The number of ether oxygens (including phenoxy) is 3. The van der Waals surface area contributed by atoms with Gasteiger partial charge in [-0.15, -0.1) is 0 Å². The van der Waals surface area contributed by atoms with Crippen LogP contribution in [-0.4, -0.2) is 35.2 Å². The van der Waals surface area contributed by atoms with Crippen molar-refractivity contribution in [3.05, 3.63) is 72.3 Å². The lowest BCUT2D eigenvalue weighted by Crippen LogP contribution is -2.16. The third kappa shape index (κ3) is 5.50. The summed E-state index contributed by atoms with van der Waals surface area (Å²) in [7, 11) is -1.09. The van der Waals surface area contributed by atoms with Crippen molar-refractivity contribution in [2.24, 2.45) is 0 Å². The summed E-state index contributed by atoms with van der Waals surface area (Å²) in [6.07, 6.45) is 0. The van der Waals surface area contributed by atoms with Gasteiger partial charge < -0.3 is 19.5 Å². The molecule has 0 radical (unpaired) electrons. The Balaban J connectivity index is 1.83. The fourth-order valence-electron chi connectivity index (χ4n) is 2.91. The molecular weight excluding hydrogens is 432 g/mol. The van der Waals surface area contributed by atoms with Crippen LogP contribution in [0.1, 0.15) is 17.3 Å². The molecule has 2 N–H and O–H groups in total. The van der Waals surface area contributed by atoms with Gasteiger partial charge in [-0.25, -0.2) is 8.42 Å². The number of benzene rings is 3. The maximum atomic E-state index is 13.0. The number of anilines is 2. The van der Waals surface area contributed by atoms with Crippen LogP contribution in [-0.2, 0) is 10.0 Å². The molecule has 3 rings (SSSR count). The molecule has 0 spiro atoms. The van der Waals surface area contributed by atoms with Crippen LogP contribution in [0.2, 0.25) is 0 Å². The topological polar surface area (TPSA) is 103 Å². The Hall–Kier alpha value is -3.72. The number of carbonyl (C=O) groups is 1. The van der Waals surface area contributed by atoms with E-state index in [2.05, 4.69) is 10.0 Å². The molecule has 0 aliphatic heterocycles. The van der Waals surface area contributed by atoms with Crippen LogP contribution < -0.4 is 24.2 Å². The van der Waals surface area contributed by atoms with Crippen molar-refractivity contribution >= 4 is 27.3 Å². The molecule has 3 aromatic carbocycles. The van der Waals surface area contributed by atoms with Gasteiger partial charge in [0, 0.05) is 16.9 Å². The van der Waals surface area contributed by atoms with Crippen molar-refractivity contribution in [1.29, 1.82) is 0 Å². The van der Waals surface area contributed by atoms with Crippen molar-refractivity contribution in [3.8, 4) is 17.2 Å². The van der Waals surface area contributed by atoms with Crippen molar-refractivity contribution in [1.82, 2.24) is 0 Å². The fraction of sp³-hybridized carbons (Fsp3) is 0.174. The molecule has 0 saturated carbocycles. The summed E-state index contributed by atoms with van der Waals surface area (Å²) in [5.41, 5.74) is 1.07. The average molecular weight is 457 g/mol. The lowest BCUT2D eigenvalue weighted by molar-refractivity contribution is 0.102. The van der Waals surface area contributed by atoms with Crippen LogP contribution in [0.3, 0.4) is 0 Å². The summed E-state index contributed by atoms with van der Waals surface area (Å²) >= 11 is 0. The zero-order valence-corrected chi connectivity index (χ0v) is 18.7. The van der Waals surface area contributed by atoms with Gasteiger partial charge >= 0.3 is 0 Å². The molecule has 0 aliphatic rings. The highest BCUT2D eigenvalue weighted by Gasteiger charge is 2.21. The monoisotopic (exact) mass is 456 g/mol. The van der Waals surface area contributed by atoms with Crippen molar-refractivity contribution < 1.29 is 27.4 Å². The molecule has 32 heavy (non-hydrogen) atoms. The van der Waals surface area contributed by atoms with Gasteiger partial charge in [-0.2, -0.15) is 0 Å². The van der Waals surface area contributed by atoms with E-state index in [1.807, 2.05) is 6.92 Å². The van der Waals surface area contributed by atoms with Gasteiger partial charge in [-0.05, 0) is 73.7 Å². The van der Waals surface area contributed by atoms with E-state index in [9.17, 15) is 13.2 Å². The van der Waals surface area contributed by atoms with Gasteiger partial charge in [0.15, 0.2) is 0 Å². The number of sulfonamides is 1. The molecule has 9 heteroatoms. The second-order valence-electron chi connectivity index (χ2n) is 6.61. The minimum atomic E-state index is -3.99. The Morgan fingerprint density at radius 1 is 0.844 bits per heavy atom. The molecule has 0 fully saturated rings. The minimum absolute atomic E-state index is 0.111. The second kappa shape index (κ2) is 10.1. The van der Waals surface area contributed by atoms with Gasteiger partial charge in [0.25, 0.3) is 15.9 Å². The summed E-state index contributed by atoms with van der Waals surface area (Å²) in [5, 5.41) is 2.71.